The van der Waals surface area contributed by atoms with Gasteiger partial charge in [0.1, 0.15) is 5.58 Å². The smallest absolute Gasteiger partial charge is 0.336 e. The highest BCUT2D eigenvalue weighted by Gasteiger charge is 2.20. The second kappa shape index (κ2) is 8.91. The van der Waals surface area contributed by atoms with Gasteiger partial charge in [-0.25, -0.2) is 4.79 Å². The maximum absolute atomic E-state index is 13.3. The Morgan fingerprint density at radius 1 is 0.939 bits per heavy atom. The van der Waals surface area contributed by atoms with Gasteiger partial charge in [-0.1, -0.05) is 87.0 Å². The number of aryl methyl sites for hydroxylation is 1. The number of benzene rings is 3. The van der Waals surface area contributed by atoms with E-state index in [1.165, 1.54) is 11.6 Å². The SMILES string of the molecule is Cc1ccc2oc(-c3ccccc3)c(OC(=O)C=Cc3ccc(C(C)(C)C)cc3)c(=O)c2c1. The molecule has 0 bridgehead atoms. The van der Waals surface area contributed by atoms with Crippen LogP contribution in [-0.2, 0) is 10.2 Å². The zero-order chi connectivity index (χ0) is 23.6. The summed E-state index contributed by atoms with van der Waals surface area (Å²) >= 11 is 0. The largest absolute Gasteiger partial charge is 0.452 e. The van der Waals surface area contributed by atoms with E-state index in [2.05, 4.69) is 20.8 Å². The highest BCUT2D eigenvalue weighted by atomic mass is 16.5. The third-order valence-corrected chi connectivity index (χ3v) is 5.43. The minimum atomic E-state index is -0.647. The molecule has 0 N–H and O–H groups in total. The molecule has 0 saturated heterocycles. The fraction of sp³-hybridized carbons (Fsp3) is 0.172. The molecule has 0 saturated carbocycles. The molecule has 0 amide bonds. The molecule has 0 spiro atoms. The van der Waals surface area contributed by atoms with E-state index in [1.54, 1.807) is 18.2 Å². The van der Waals surface area contributed by atoms with Gasteiger partial charge in [-0.2, -0.15) is 0 Å². The molecule has 4 rings (SSSR count). The molecule has 4 aromatic rings. The van der Waals surface area contributed by atoms with Crippen LogP contribution in [0, 0.1) is 6.92 Å². The summed E-state index contributed by atoms with van der Waals surface area (Å²) in [5, 5.41) is 0.374. The van der Waals surface area contributed by atoms with Crippen molar-refractivity contribution >= 4 is 23.0 Å². The minimum Gasteiger partial charge on any atom is -0.452 e. The molecule has 0 aliphatic heterocycles. The highest BCUT2D eigenvalue weighted by molar-refractivity contribution is 5.91. The number of hydrogen-bond acceptors (Lipinski definition) is 4. The fourth-order valence-corrected chi connectivity index (χ4v) is 3.56. The van der Waals surface area contributed by atoms with Gasteiger partial charge in [-0.15, -0.1) is 0 Å². The third-order valence-electron chi connectivity index (χ3n) is 5.43. The lowest BCUT2D eigenvalue weighted by atomic mass is 9.87. The van der Waals surface area contributed by atoms with Crippen molar-refractivity contribution in [3.8, 4) is 17.1 Å². The average Bonchev–Trinajstić information content (AvgIpc) is 2.80. The lowest BCUT2D eigenvalue weighted by Crippen LogP contribution is -2.14. The average molecular weight is 439 g/mol. The molecule has 0 aliphatic rings. The van der Waals surface area contributed by atoms with Gasteiger partial charge in [0.15, 0.2) is 5.76 Å². The Bertz CT molecular complexity index is 1390. The lowest BCUT2D eigenvalue weighted by molar-refractivity contribution is -0.129. The van der Waals surface area contributed by atoms with Gasteiger partial charge in [0.2, 0.25) is 11.2 Å². The topological polar surface area (TPSA) is 56.5 Å². The monoisotopic (exact) mass is 438 g/mol. The van der Waals surface area contributed by atoms with Crippen LogP contribution in [0.25, 0.3) is 28.4 Å². The van der Waals surface area contributed by atoms with E-state index in [1.807, 2.05) is 67.6 Å². The van der Waals surface area contributed by atoms with Crippen LogP contribution in [0.3, 0.4) is 0 Å². The maximum atomic E-state index is 13.3. The van der Waals surface area contributed by atoms with E-state index in [9.17, 15) is 9.59 Å². The van der Waals surface area contributed by atoms with Gasteiger partial charge in [0.25, 0.3) is 0 Å². The van der Waals surface area contributed by atoms with Crippen LogP contribution >= 0.6 is 0 Å². The van der Waals surface area contributed by atoms with Gasteiger partial charge >= 0.3 is 5.97 Å². The molecule has 0 aliphatic carbocycles. The van der Waals surface area contributed by atoms with E-state index < -0.39 is 5.97 Å². The summed E-state index contributed by atoms with van der Waals surface area (Å²) in [6.07, 6.45) is 2.99. The maximum Gasteiger partial charge on any atom is 0.336 e. The summed E-state index contributed by atoms with van der Waals surface area (Å²) in [4.78, 5) is 25.9. The van der Waals surface area contributed by atoms with Crippen LogP contribution in [0.4, 0.5) is 0 Å². The zero-order valence-corrected chi connectivity index (χ0v) is 19.2. The number of rotatable bonds is 4. The Morgan fingerprint density at radius 2 is 1.64 bits per heavy atom. The van der Waals surface area contributed by atoms with Gasteiger partial charge in [-0.05, 0) is 41.7 Å². The first-order valence-corrected chi connectivity index (χ1v) is 10.9. The first-order valence-electron chi connectivity index (χ1n) is 10.9. The van der Waals surface area contributed by atoms with Crippen molar-refractivity contribution < 1.29 is 13.9 Å². The summed E-state index contributed by atoms with van der Waals surface area (Å²) in [6, 6.07) is 22.5. The molecule has 3 aromatic carbocycles. The summed E-state index contributed by atoms with van der Waals surface area (Å²) in [5.74, 6) is -0.531. The number of carbonyl (C=O) groups is 1. The molecule has 33 heavy (non-hydrogen) atoms. The standard InChI is InChI=1S/C29H26O4/c1-19-10-16-24-23(18-19)26(31)28(27(32-24)21-8-6-5-7-9-21)33-25(30)17-13-20-11-14-22(15-12-20)29(2,3)4/h5-18H,1-4H3. The normalized spacial score (nSPS) is 11.8. The van der Waals surface area contributed by atoms with E-state index in [4.69, 9.17) is 9.15 Å². The second-order valence-corrected chi connectivity index (χ2v) is 9.08. The molecule has 4 nitrogen and oxygen atoms in total. The summed E-state index contributed by atoms with van der Waals surface area (Å²) in [7, 11) is 0. The van der Waals surface area contributed by atoms with Gasteiger partial charge < -0.3 is 9.15 Å². The van der Waals surface area contributed by atoms with Crippen molar-refractivity contribution in [3.63, 3.8) is 0 Å². The van der Waals surface area contributed by atoms with Crippen LogP contribution in [-0.4, -0.2) is 5.97 Å². The third kappa shape index (κ3) is 4.96. The molecule has 166 valence electrons. The lowest BCUT2D eigenvalue weighted by Gasteiger charge is -2.18. The van der Waals surface area contributed by atoms with Crippen molar-refractivity contribution in [3.05, 3.63) is 106 Å². The fourth-order valence-electron chi connectivity index (χ4n) is 3.56. The van der Waals surface area contributed by atoms with Crippen molar-refractivity contribution in [2.24, 2.45) is 0 Å². The quantitative estimate of drug-likeness (QED) is 0.263. The summed E-state index contributed by atoms with van der Waals surface area (Å²) in [5.41, 5.74) is 3.76. The Morgan fingerprint density at radius 3 is 2.30 bits per heavy atom. The molecule has 0 radical (unpaired) electrons. The molecule has 0 atom stereocenters. The molecule has 0 unspecified atom stereocenters. The van der Waals surface area contributed by atoms with Gasteiger partial charge in [0, 0.05) is 11.6 Å². The van der Waals surface area contributed by atoms with Crippen molar-refractivity contribution in [1.29, 1.82) is 0 Å². The van der Waals surface area contributed by atoms with Crippen LogP contribution < -0.4 is 10.2 Å². The van der Waals surface area contributed by atoms with Crippen LogP contribution in [0.15, 0.2) is 88.1 Å². The van der Waals surface area contributed by atoms with Crippen molar-refractivity contribution in [2.75, 3.05) is 0 Å². The zero-order valence-electron chi connectivity index (χ0n) is 19.2. The van der Waals surface area contributed by atoms with Gasteiger partial charge in [-0.3, -0.25) is 4.79 Å². The molecule has 1 aromatic heterocycles. The highest BCUT2D eigenvalue weighted by Crippen LogP contribution is 2.31. The van der Waals surface area contributed by atoms with E-state index in [0.717, 1.165) is 11.1 Å². The molecular weight excluding hydrogens is 412 g/mol. The van der Waals surface area contributed by atoms with E-state index in [-0.39, 0.29) is 22.4 Å². The predicted molar refractivity (Wildman–Crippen MR) is 132 cm³/mol. The van der Waals surface area contributed by atoms with E-state index >= 15 is 0 Å². The number of esters is 1. The Balaban J connectivity index is 1.68. The summed E-state index contributed by atoms with van der Waals surface area (Å²) < 4.78 is 11.6. The number of ether oxygens (including phenoxy) is 1. The van der Waals surface area contributed by atoms with Crippen molar-refractivity contribution in [2.45, 2.75) is 33.1 Å². The molecule has 1 heterocycles. The molecule has 0 fully saturated rings. The predicted octanol–water partition coefficient (Wildman–Crippen LogP) is 6.68. The second-order valence-electron chi connectivity index (χ2n) is 9.08. The summed E-state index contributed by atoms with van der Waals surface area (Å²) in [6.45, 7) is 8.34. The Kier molecular flexibility index (Phi) is 6.01. The van der Waals surface area contributed by atoms with Crippen molar-refractivity contribution in [1.82, 2.24) is 0 Å². The van der Waals surface area contributed by atoms with Gasteiger partial charge in [0.05, 0.1) is 5.39 Å². The Hall–Kier alpha value is -3.92. The first kappa shape index (κ1) is 22.3. The number of carbonyl (C=O) groups excluding carboxylic acids is 1. The molecule has 4 heteroatoms. The first-order chi connectivity index (χ1) is 15.7. The van der Waals surface area contributed by atoms with Crippen LogP contribution in [0.2, 0.25) is 0 Å². The number of fused-ring (bicyclic) bond motifs is 1. The number of hydrogen-bond donors (Lipinski definition) is 0. The van der Waals surface area contributed by atoms with Crippen LogP contribution in [0.1, 0.15) is 37.5 Å². The minimum absolute atomic E-state index is 0.0531. The van der Waals surface area contributed by atoms with Crippen LogP contribution in [0.5, 0.6) is 5.75 Å². The van der Waals surface area contributed by atoms with E-state index in [0.29, 0.717) is 16.5 Å². The molecular formula is C29H26O4. The Labute approximate surface area is 193 Å².